The molecule has 0 radical (unpaired) electrons. The molecular formula is C11H10BrN3O. The molecule has 2 amide bonds. The minimum absolute atomic E-state index is 0.340. The standard InChI is InChI=1S/C11H10BrN3O/c12-7-1-2-8-6(5-7)3-4-11(8)9(13)14-10(16)15-11/h1-2,5H,3-4H2,(H3,13,14,15,16). The van der Waals surface area contributed by atoms with E-state index >= 15 is 0 Å². The van der Waals surface area contributed by atoms with Crippen molar-refractivity contribution in [2.45, 2.75) is 18.4 Å². The van der Waals surface area contributed by atoms with Gasteiger partial charge < -0.3 is 11.1 Å². The van der Waals surface area contributed by atoms with E-state index in [0.29, 0.717) is 5.84 Å². The number of rotatable bonds is 0. The van der Waals surface area contributed by atoms with Crippen molar-refractivity contribution in [2.24, 2.45) is 10.7 Å². The SMILES string of the molecule is NC1=NC(=O)NC12CCc1cc(Br)ccc12. The summed E-state index contributed by atoms with van der Waals surface area (Å²) in [5.74, 6) is 0.388. The van der Waals surface area contributed by atoms with Crippen LogP contribution in [0.1, 0.15) is 17.5 Å². The van der Waals surface area contributed by atoms with Crippen LogP contribution in [0.4, 0.5) is 4.79 Å². The van der Waals surface area contributed by atoms with Gasteiger partial charge >= 0.3 is 6.03 Å². The van der Waals surface area contributed by atoms with E-state index in [1.165, 1.54) is 5.56 Å². The van der Waals surface area contributed by atoms with Crippen LogP contribution >= 0.6 is 15.9 Å². The zero-order valence-corrected chi connectivity index (χ0v) is 10.0. The van der Waals surface area contributed by atoms with Gasteiger partial charge in [0.25, 0.3) is 0 Å². The summed E-state index contributed by atoms with van der Waals surface area (Å²) in [6, 6.07) is 5.69. The molecule has 1 aromatic carbocycles. The number of fused-ring (bicyclic) bond motifs is 2. The molecule has 82 valence electrons. The Kier molecular flexibility index (Phi) is 1.89. The summed E-state index contributed by atoms with van der Waals surface area (Å²) < 4.78 is 1.04. The Morgan fingerprint density at radius 2 is 2.31 bits per heavy atom. The number of halogens is 1. The molecule has 1 aliphatic heterocycles. The molecule has 1 spiro atoms. The number of carbonyl (C=O) groups is 1. The summed E-state index contributed by atoms with van der Waals surface area (Å²) in [6.07, 6.45) is 1.70. The summed E-state index contributed by atoms with van der Waals surface area (Å²) in [5, 5.41) is 2.87. The third-order valence-electron chi connectivity index (χ3n) is 3.28. The molecule has 5 heteroatoms. The molecule has 0 aromatic heterocycles. The maximum atomic E-state index is 11.3. The van der Waals surface area contributed by atoms with E-state index in [2.05, 4.69) is 32.3 Å². The topological polar surface area (TPSA) is 67.5 Å². The summed E-state index contributed by atoms with van der Waals surface area (Å²) in [6.45, 7) is 0. The van der Waals surface area contributed by atoms with Crippen molar-refractivity contribution >= 4 is 27.8 Å². The second-order valence-corrected chi connectivity index (χ2v) is 5.05. The number of nitrogens with one attached hydrogen (secondary N) is 1. The van der Waals surface area contributed by atoms with Gasteiger partial charge in [-0.25, -0.2) is 4.79 Å². The van der Waals surface area contributed by atoms with E-state index in [-0.39, 0.29) is 6.03 Å². The highest BCUT2D eigenvalue weighted by molar-refractivity contribution is 9.10. The fourth-order valence-electron chi connectivity index (χ4n) is 2.52. The van der Waals surface area contributed by atoms with Crippen molar-refractivity contribution in [1.29, 1.82) is 0 Å². The highest BCUT2D eigenvalue weighted by atomic mass is 79.9. The molecule has 0 saturated carbocycles. The molecule has 1 aliphatic carbocycles. The Hall–Kier alpha value is -1.36. The summed E-state index contributed by atoms with van der Waals surface area (Å²) >= 11 is 3.44. The number of nitrogens with zero attached hydrogens (tertiary/aromatic N) is 1. The first kappa shape index (κ1) is 9.84. The van der Waals surface area contributed by atoms with Crippen LogP contribution in [-0.4, -0.2) is 11.9 Å². The van der Waals surface area contributed by atoms with E-state index in [9.17, 15) is 4.79 Å². The maximum absolute atomic E-state index is 11.3. The van der Waals surface area contributed by atoms with Crippen molar-refractivity contribution in [3.8, 4) is 0 Å². The molecule has 0 bridgehead atoms. The molecule has 0 saturated heterocycles. The lowest BCUT2D eigenvalue weighted by Crippen LogP contribution is -2.47. The Morgan fingerprint density at radius 3 is 3.00 bits per heavy atom. The Balaban J connectivity index is 2.17. The summed E-state index contributed by atoms with van der Waals surface area (Å²) in [7, 11) is 0. The highest BCUT2D eigenvalue weighted by Gasteiger charge is 2.47. The second-order valence-electron chi connectivity index (χ2n) is 4.13. The molecule has 16 heavy (non-hydrogen) atoms. The lowest BCUT2D eigenvalue weighted by molar-refractivity contribution is 0.246. The van der Waals surface area contributed by atoms with Gasteiger partial charge in [0.15, 0.2) is 0 Å². The first-order valence-corrected chi connectivity index (χ1v) is 5.87. The Labute approximate surface area is 101 Å². The van der Waals surface area contributed by atoms with E-state index < -0.39 is 5.54 Å². The largest absolute Gasteiger partial charge is 0.385 e. The van der Waals surface area contributed by atoms with Gasteiger partial charge in [0.1, 0.15) is 11.4 Å². The molecule has 4 nitrogen and oxygen atoms in total. The minimum atomic E-state index is -0.548. The van der Waals surface area contributed by atoms with Gasteiger partial charge in [0.05, 0.1) is 0 Å². The van der Waals surface area contributed by atoms with E-state index in [1.54, 1.807) is 0 Å². The Bertz CT molecular complexity index is 526. The summed E-state index contributed by atoms with van der Waals surface area (Å²) in [4.78, 5) is 15.1. The molecule has 1 aromatic rings. The first-order chi connectivity index (χ1) is 7.62. The second kappa shape index (κ2) is 3.07. The lowest BCUT2D eigenvalue weighted by Gasteiger charge is -2.24. The normalized spacial score (nSPS) is 26.8. The average Bonchev–Trinajstić information content (AvgIpc) is 2.70. The zero-order chi connectivity index (χ0) is 11.3. The van der Waals surface area contributed by atoms with Crippen LogP contribution in [0.2, 0.25) is 0 Å². The van der Waals surface area contributed by atoms with E-state index in [0.717, 1.165) is 22.9 Å². The van der Waals surface area contributed by atoms with Gasteiger partial charge in [-0.3, -0.25) is 0 Å². The number of aryl methyl sites for hydroxylation is 1. The Morgan fingerprint density at radius 1 is 1.50 bits per heavy atom. The number of amides is 2. The predicted octanol–water partition coefficient (Wildman–Crippen LogP) is 1.67. The molecule has 1 unspecified atom stereocenters. The van der Waals surface area contributed by atoms with Gasteiger partial charge in [0, 0.05) is 4.47 Å². The monoisotopic (exact) mass is 279 g/mol. The molecule has 1 heterocycles. The lowest BCUT2D eigenvalue weighted by atomic mass is 9.91. The average molecular weight is 280 g/mol. The molecule has 3 rings (SSSR count). The smallest absolute Gasteiger partial charge is 0.343 e. The predicted molar refractivity (Wildman–Crippen MR) is 64.3 cm³/mol. The number of benzene rings is 1. The van der Waals surface area contributed by atoms with Crippen molar-refractivity contribution in [3.05, 3.63) is 33.8 Å². The number of hydrogen-bond acceptors (Lipinski definition) is 2. The number of urea groups is 1. The highest BCUT2D eigenvalue weighted by Crippen LogP contribution is 2.40. The fraction of sp³-hybridized carbons (Fsp3) is 0.273. The van der Waals surface area contributed by atoms with Gasteiger partial charge in [0.2, 0.25) is 0 Å². The van der Waals surface area contributed by atoms with Gasteiger partial charge in [-0.2, -0.15) is 4.99 Å². The molecular weight excluding hydrogens is 270 g/mol. The van der Waals surface area contributed by atoms with Crippen LogP contribution in [-0.2, 0) is 12.0 Å². The third kappa shape index (κ3) is 1.15. The van der Waals surface area contributed by atoms with Crippen LogP contribution in [0.25, 0.3) is 0 Å². The number of carbonyl (C=O) groups excluding carboxylic acids is 1. The van der Waals surface area contributed by atoms with Crippen molar-refractivity contribution in [2.75, 3.05) is 0 Å². The number of nitrogens with two attached hydrogens (primary N) is 1. The molecule has 3 N–H and O–H groups in total. The third-order valence-corrected chi connectivity index (χ3v) is 3.77. The summed E-state index contributed by atoms with van der Waals surface area (Å²) in [5.41, 5.74) is 7.61. The fourth-order valence-corrected chi connectivity index (χ4v) is 2.93. The number of aliphatic imine (C=N–C) groups is 1. The van der Waals surface area contributed by atoms with Crippen LogP contribution in [0.5, 0.6) is 0 Å². The molecule has 0 fully saturated rings. The quantitative estimate of drug-likeness (QED) is 0.759. The van der Waals surface area contributed by atoms with Crippen molar-refractivity contribution < 1.29 is 4.79 Å². The molecule has 2 aliphatic rings. The van der Waals surface area contributed by atoms with Gasteiger partial charge in [-0.05, 0) is 36.1 Å². The maximum Gasteiger partial charge on any atom is 0.343 e. The van der Waals surface area contributed by atoms with Crippen molar-refractivity contribution in [1.82, 2.24) is 5.32 Å². The number of amidine groups is 1. The van der Waals surface area contributed by atoms with Crippen LogP contribution in [0, 0.1) is 0 Å². The minimum Gasteiger partial charge on any atom is -0.385 e. The first-order valence-electron chi connectivity index (χ1n) is 5.07. The van der Waals surface area contributed by atoms with Crippen LogP contribution in [0.3, 0.4) is 0 Å². The van der Waals surface area contributed by atoms with Crippen LogP contribution in [0.15, 0.2) is 27.7 Å². The van der Waals surface area contributed by atoms with E-state index in [1.807, 2.05) is 12.1 Å². The van der Waals surface area contributed by atoms with Crippen molar-refractivity contribution in [3.63, 3.8) is 0 Å². The van der Waals surface area contributed by atoms with E-state index in [4.69, 9.17) is 5.73 Å². The van der Waals surface area contributed by atoms with Gasteiger partial charge in [-0.15, -0.1) is 0 Å². The van der Waals surface area contributed by atoms with Gasteiger partial charge in [-0.1, -0.05) is 22.0 Å². The zero-order valence-electron chi connectivity index (χ0n) is 8.46. The number of hydrogen-bond donors (Lipinski definition) is 2. The molecule has 1 atom stereocenters. The van der Waals surface area contributed by atoms with Crippen LogP contribution < -0.4 is 11.1 Å².